The number of halogens is 1. The Morgan fingerprint density at radius 2 is 2.24 bits per heavy atom. The average molecular weight is 258 g/mol. The van der Waals surface area contributed by atoms with Gasteiger partial charge in [0.05, 0.1) is 19.7 Å². The van der Waals surface area contributed by atoms with Gasteiger partial charge < -0.3 is 4.74 Å². The second-order valence-corrected chi connectivity index (χ2v) is 4.11. The van der Waals surface area contributed by atoms with Gasteiger partial charge in [-0.25, -0.2) is 9.97 Å². The van der Waals surface area contributed by atoms with E-state index in [1.807, 2.05) is 6.92 Å². The molecular weight excluding hydrogens is 242 g/mol. The summed E-state index contributed by atoms with van der Waals surface area (Å²) in [5.41, 5.74) is 0.810. The van der Waals surface area contributed by atoms with E-state index >= 15 is 0 Å². The van der Waals surface area contributed by atoms with E-state index in [2.05, 4.69) is 9.97 Å². The van der Waals surface area contributed by atoms with Crippen LogP contribution in [0.25, 0.3) is 0 Å². The highest BCUT2D eigenvalue weighted by atomic mass is 35.5. The zero-order valence-corrected chi connectivity index (χ0v) is 11.0. The Labute approximate surface area is 106 Å². The van der Waals surface area contributed by atoms with Gasteiger partial charge in [0.25, 0.3) is 0 Å². The molecule has 0 unspecified atom stereocenters. The van der Waals surface area contributed by atoms with Gasteiger partial charge in [0.15, 0.2) is 0 Å². The first-order valence-electron chi connectivity index (χ1n) is 5.35. The highest BCUT2D eigenvalue weighted by molar-refractivity contribution is 6.29. The number of rotatable bonds is 5. The lowest BCUT2D eigenvalue weighted by Crippen LogP contribution is -2.27. The molecule has 1 rings (SSSR count). The molecule has 6 heteroatoms. The van der Waals surface area contributed by atoms with E-state index in [1.54, 1.807) is 24.9 Å². The van der Waals surface area contributed by atoms with Crippen molar-refractivity contribution in [1.29, 1.82) is 0 Å². The highest BCUT2D eigenvalue weighted by Crippen LogP contribution is 2.07. The van der Waals surface area contributed by atoms with E-state index in [0.29, 0.717) is 24.1 Å². The minimum atomic E-state index is -0.256. The van der Waals surface area contributed by atoms with Crippen LogP contribution in [0.15, 0.2) is 6.07 Å². The molecule has 17 heavy (non-hydrogen) atoms. The predicted molar refractivity (Wildman–Crippen MR) is 64.7 cm³/mol. The molecular formula is C11H16ClN3O2. The lowest BCUT2D eigenvalue weighted by atomic mass is 10.4. The lowest BCUT2D eigenvalue weighted by molar-refractivity contribution is -0.144. The molecule has 94 valence electrons. The molecule has 0 saturated heterocycles. The summed E-state index contributed by atoms with van der Waals surface area (Å²) in [5.74, 6) is 0.343. The van der Waals surface area contributed by atoms with Crippen LogP contribution in [0.2, 0.25) is 5.15 Å². The summed E-state index contributed by atoms with van der Waals surface area (Å²) in [6.45, 7) is 4.69. The number of aromatic nitrogens is 2. The summed E-state index contributed by atoms with van der Waals surface area (Å²) in [4.78, 5) is 21.4. The van der Waals surface area contributed by atoms with Crippen LogP contribution in [0.1, 0.15) is 18.4 Å². The fourth-order valence-corrected chi connectivity index (χ4v) is 1.64. The molecule has 1 heterocycles. The third-order valence-corrected chi connectivity index (χ3v) is 2.18. The van der Waals surface area contributed by atoms with Crippen molar-refractivity contribution in [3.8, 4) is 0 Å². The van der Waals surface area contributed by atoms with Crippen molar-refractivity contribution in [2.75, 3.05) is 20.2 Å². The molecule has 0 saturated carbocycles. The van der Waals surface area contributed by atoms with Crippen LogP contribution in [0.4, 0.5) is 0 Å². The van der Waals surface area contributed by atoms with Gasteiger partial charge >= 0.3 is 5.97 Å². The van der Waals surface area contributed by atoms with Gasteiger partial charge in [0.1, 0.15) is 11.0 Å². The number of aryl methyl sites for hydroxylation is 1. The molecule has 0 aliphatic heterocycles. The molecule has 1 aromatic heterocycles. The first-order chi connectivity index (χ1) is 8.01. The second-order valence-electron chi connectivity index (χ2n) is 3.73. The fourth-order valence-electron chi connectivity index (χ4n) is 1.38. The van der Waals surface area contributed by atoms with E-state index in [9.17, 15) is 4.79 Å². The van der Waals surface area contributed by atoms with Crippen LogP contribution in [0, 0.1) is 6.92 Å². The van der Waals surface area contributed by atoms with E-state index in [0.717, 1.165) is 5.69 Å². The van der Waals surface area contributed by atoms with Gasteiger partial charge in [0.2, 0.25) is 0 Å². The van der Waals surface area contributed by atoms with E-state index in [1.165, 1.54) is 0 Å². The van der Waals surface area contributed by atoms with Crippen molar-refractivity contribution >= 4 is 17.6 Å². The van der Waals surface area contributed by atoms with Crippen molar-refractivity contribution in [2.24, 2.45) is 0 Å². The average Bonchev–Trinajstić information content (AvgIpc) is 2.14. The standard InChI is InChI=1S/C11H16ClN3O2/c1-4-17-11(16)7-15(3)6-10-13-8(2)5-9(12)14-10/h5H,4,6-7H2,1-3H3. The largest absolute Gasteiger partial charge is 0.465 e. The second kappa shape index (κ2) is 6.51. The van der Waals surface area contributed by atoms with Crippen LogP contribution < -0.4 is 0 Å². The zero-order chi connectivity index (χ0) is 12.8. The first kappa shape index (κ1) is 13.9. The minimum absolute atomic E-state index is 0.211. The van der Waals surface area contributed by atoms with Crippen LogP contribution in [0.3, 0.4) is 0 Å². The van der Waals surface area contributed by atoms with Crippen molar-refractivity contribution in [3.63, 3.8) is 0 Å². The van der Waals surface area contributed by atoms with Gasteiger partial charge in [-0.1, -0.05) is 11.6 Å². The lowest BCUT2D eigenvalue weighted by Gasteiger charge is -2.14. The minimum Gasteiger partial charge on any atom is -0.465 e. The Balaban J connectivity index is 2.55. The topological polar surface area (TPSA) is 55.3 Å². The summed E-state index contributed by atoms with van der Waals surface area (Å²) in [6.07, 6.45) is 0. The molecule has 0 aliphatic rings. The molecule has 0 aliphatic carbocycles. The van der Waals surface area contributed by atoms with Crippen LogP contribution in [-0.4, -0.2) is 41.0 Å². The smallest absolute Gasteiger partial charge is 0.320 e. The normalized spacial score (nSPS) is 10.6. The van der Waals surface area contributed by atoms with Crippen molar-refractivity contribution in [2.45, 2.75) is 20.4 Å². The van der Waals surface area contributed by atoms with E-state index in [4.69, 9.17) is 16.3 Å². The number of hydrogen-bond acceptors (Lipinski definition) is 5. The quantitative estimate of drug-likeness (QED) is 0.590. The SMILES string of the molecule is CCOC(=O)CN(C)Cc1nc(C)cc(Cl)n1. The number of esters is 1. The molecule has 0 fully saturated rings. The van der Waals surface area contributed by atoms with Crippen molar-refractivity contribution in [1.82, 2.24) is 14.9 Å². The summed E-state index contributed by atoms with van der Waals surface area (Å²) in [6, 6.07) is 1.69. The maximum atomic E-state index is 11.2. The number of carbonyl (C=O) groups is 1. The Hall–Kier alpha value is -1.20. The molecule has 0 amide bonds. The van der Waals surface area contributed by atoms with Gasteiger partial charge in [-0.3, -0.25) is 9.69 Å². The molecule has 0 atom stereocenters. The number of carbonyl (C=O) groups excluding carboxylic acids is 1. The molecule has 1 aromatic rings. The van der Waals surface area contributed by atoms with Gasteiger partial charge in [0, 0.05) is 5.69 Å². The molecule has 5 nitrogen and oxygen atoms in total. The first-order valence-corrected chi connectivity index (χ1v) is 5.73. The van der Waals surface area contributed by atoms with Crippen molar-refractivity contribution < 1.29 is 9.53 Å². The number of nitrogens with zero attached hydrogens (tertiary/aromatic N) is 3. The molecule has 0 spiro atoms. The third kappa shape index (κ3) is 5.10. The molecule has 0 radical (unpaired) electrons. The number of ether oxygens (including phenoxy) is 1. The van der Waals surface area contributed by atoms with Crippen LogP contribution >= 0.6 is 11.6 Å². The Kier molecular flexibility index (Phi) is 5.31. The van der Waals surface area contributed by atoms with Crippen LogP contribution in [0.5, 0.6) is 0 Å². The number of hydrogen-bond donors (Lipinski definition) is 0. The summed E-state index contributed by atoms with van der Waals surface area (Å²) >= 11 is 5.83. The van der Waals surface area contributed by atoms with E-state index in [-0.39, 0.29) is 12.5 Å². The Morgan fingerprint density at radius 3 is 2.82 bits per heavy atom. The molecule has 0 aromatic carbocycles. The maximum absolute atomic E-state index is 11.2. The Morgan fingerprint density at radius 1 is 1.53 bits per heavy atom. The van der Waals surface area contributed by atoms with Gasteiger partial charge in [-0.2, -0.15) is 0 Å². The maximum Gasteiger partial charge on any atom is 0.320 e. The zero-order valence-electron chi connectivity index (χ0n) is 10.2. The summed E-state index contributed by atoms with van der Waals surface area (Å²) in [7, 11) is 1.80. The summed E-state index contributed by atoms with van der Waals surface area (Å²) < 4.78 is 4.85. The molecule has 0 N–H and O–H groups in total. The van der Waals surface area contributed by atoms with Crippen molar-refractivity contribution in [3.05, 3.63) is 22.7 Å². The highest BCUT2D eigenvalue weighted by Gasteiger charge is 2.09. The Bertz CT molecular complexity index is 378. The van der Waals surface area contributed by atoms with E-state index < -0.39 is 0 Å². The fraction of sp³-hybridized carbons (Fsp3) is 0.545. The summed E-state index contributed by atoms with van der Waals surface area (Å²) in [5, 5.41) is 0.414. The van der Waals surface area contributed by atoms with Gasteiger partial charge in [-0.05, 0) is 27.0 Å². The third-order valence-electron chi connectivity index (χ3n) is 1.98. The predicted octanol–water partition coefficient (Wildman–Crippen LogP) is 1.43. The monoisotopic (exact) mass is 257 g/mol. The van der Waals surface area contributed by atoms with Crippen LogP contribution in [-0.2, 0) is 16.1 Å². The molecule has 0 bridgehead atoms. The number of likely N-dealkylation sites (N-methyl/N-ethyl adjacent to an activating group) is 1. The van der Waals surface area contributed by atoms with Gasteiger partial charge in [-0.15, -0.1) is 0 Å².